The molecule has 5 heteroatoms. The minimum Gasteiger partial charge on any atom is -0.381 e. The summed E-state index contributed by atoms with van der Waals surface area (Å²) >= 11 is 0. The maximum absolute atomic E-state index is 9.13. The first-order chi connectivity index (χ1) is 5.24. The average molecular weight is 152 g/mol. The van der Waals surface area contributed by atoms with Gasteiger partial charge in [0.25, 0.3) is 0 Å². The Labute approximate surface area is 63.6 Å². The summed E-state index contributed by atoms with van der Waals surface area (Å²) in [5, 5.41) is 9.13. The van der Waals surface area contributed by atoms with Gasteiger partial charge in [-0.25, -0.2) is 9.97 Å². The maximum Gasteiger partial charge on any atom is 0.223 e. The molecule has 0 aliphatic rings. The first-order valence-electron chi connectivity index (χ1n) is 2.99. The minimum absolute atomic E-state index is 0.0934. The Morgan fingerprint density at radius 1 is 1.64 bits per heavy atom. The third-order valence-corrected chi connectivity index (χ3v) is 1.10. The first kappa shape index (κ1) is 7.62. The number of hydrogen-bond acceptors (Lipinski definition) is 5. The molecule has 5 nitrogen and oxygen atoms in total. The van der Waals surface area contributed by atoms with Crippen molar-refractivity contribution in [1.29, 1.82) is 0 Å². The van der Waals surface area contributed by atoms with E-state index in [1.54, 1.807) is 0 Å². The summed E-state index contributed by atoms with van der Waals surface area (Å²) in [5.41, 5.74) is 5.24. The smallest absolute Gasteiger partial charge is 0.223 e. The Morgan fingerprint density at radius 3 is 2.91 bits per heavy atom. The van der Waals surface area contributed by atoms with E-state index in [0.29, 0.717) is 0 Å². The van der Waals surface area contributed by atoms with Crippen LogP contribution >= 0.6 is 0 Å². The van der Waals surface area contributed by atoms with Gasteiger partial charge in [0.1, 0.15) is 12.4 Å². The zero-order chi connectivity index (χ0) is 8.27. The highest BCUT2D eigenvalue weighted by atomic mass is 16.3. The zero-order valence-electron chi connectivity index (χ0n) is 5.81. The first-order valence-corrected chi connectivity index (χ1v) is 2.99. The molecule has 0 radical (unpaired) electrons. The fourth-order valence-electron chi connectivity index (χ4n) is 0.570. The molecular weight excluding hydrogens is 144 g/mol. The van der Waals surface area contributed by atoms with Crippen LogP contribution in [0, 0.1) is 0 Å². The van der Waals surface area contributed by atoms with Crippen molar-refractivity contribution >= 4 is 5.95 Å². The Hall–Kier alpha value is -1.49. The summed E-state index contributed by atoms with van der Waals surface area (Å²) in [6.07, 6.45) is 1.68. The SMILES string of the molecule is C=CC(O)c1ncnc(N)n1. The van der Waals surface area contributed by atoms with Gasteiger partial charge in [-0.15, -0.1) is 6.58 Å². The highest BCUT2D eigenvalue weighted by Gasteiger charge is 2.05. The van der Waals surface area contributed by atoms with Crippen molar-refractivity contribution in [3.63, 3.8) is 0 Å². The summed E-state index contributed by atoms with van der Waals surface area (Å²) in [6, 6.07) is 0. The van der Waals surface area contributed by atoms with Crippen molar-refractivity contribution < 1.29 is 5.11 Å². The van der Waals surface area contributed by atoms with Crippen LogP contribution in [0.3, 0.4) is 0 Å². The summed E-state index contributed by atoms with van der Waals surface area (Å²) in [7, 11) is 0. The molecule has 0 saturated heterocycles. The Bertz CT molecular complexity index is 263. The van der Waals surface area contributed by atoms with E-state index in [-0.39, 0.29) is 11.8 Å². The number of nitrogen functional groups attached to an aromatic ring is 1. The third kappa shape index (κ3) is 1.71. The lowest BCUT2D eigenvalue weighted by atomic mass is 10.3. The molecule has 3 N–H and O–H groups in total. The second-order valence-electron chi connectivity index (χ2n) is 1.88. The van der Waals surface area contributed by atoms with E-state index in [9.17, 15) is 0 Å². The van der Waals surface area contributed by atoms with Gasteiger partial charge in [0.2, 0.25) is 5.95 Å². The van der Waals surface area contributed by atoms with E-state index in [0.717, 1.165) is 0 Å². The topological polar surface area (TPSA) is 84.9 Å². The van der Waals surface area contributed by atoms with E-state index in [2.05, 4.69) is 21.5 Å². The van der Waals surface area contributed by atoms with E-state index in [1.165, 1.54) is 12.4 Å². The van der Waals surface area contributed by atoms with Crippen molar-refractivity contribution in [2.45, 2.75) is 6.10 Å². The fourth-order valence-corrected chi connectivity index (χ4v) is 0.570. The number of aromatic nitrogens is 3. The van der Waals surface area contributed by atoms with E-state index < -0.39 is 6.10 Å². The molecule has 0 fully saturated rings. The van der Waals surface area contributed by atoms with Gasteiger partial charge < -0.3 is 10.8 Å². The summed E-state index contributed by atoms with van der Waals surface area (Å²) in [4.78, 5) is 10.9. The van der Waals surface area contributed by atoms with Crippen LogP contribution in [0.4, 0.5) is 5.95 Å². The second-order valence-corrected chi connectivity index (χ2v) is 1.88. The molecule has 0 saturated carbocycles. The molecule has 0 bridgehead atoms. The van der Waals surface area contributed by atoms with Gasteiger partial charge in [0.15, 0.2) is 5.82 Å². The summed E-state index contributed by atoms with van der Waals surface area (Å²) in [6.45, 7) is 3.38. The zero-order valence-corrected chi connectivity index (χ0v) is 5.81. The Kier molecular flexibility index (Phi) is 2.12. The number of nitrogens with zero attached hydrogens (tertiary/aromatic N) is 3. The molecule has 58 valence electrons. The van der Waals surface area contributed by atoms with Crippen LogP contribution in [0.1, 0.15) is 11.9 Å². The predicted molar refractivity (Wildman–Crippen MR) is 39.4 cm³/mol. The number of rotatable bonds is 2. The largest absolute Gasteiger partial charge is 0.381 e. The molecule has 1 rings (SSSR count). The molecule has 1 unspecified atom stereocenters. The average Bonchev–Trinajstić information content (AvgIpc) is 2.03. The molecule has 0 aliphatic carbocycles. The van der Waals surface area contributed by atoms with Gasteiger partial charge in [-0.1, -0.05) is 6.08 Å². The molecule has 1 aromatic rings. The van der Waals surface area contributed by atoms with Crippen molar-refractivity contribution in [1.82, 2.24) is 15.0 Å². The highest BCUT2D eigenvalue weighted by Crippen LogP contribution is 2.06. The van der Waals surface area contributed by atoms with Crippen molar-refractivity contribution in [2.75, 3.05) is 5.73 Å². The van der Waals surface area contributed by atoms with Gasteiger partial charge in [0, 0.05) is 0 Å². The number of aliphatic hydroxyl groups excluding tert-OH is 1. The van der Waals surface area contributed by atoms with Crippen molar-refractivity contribution in [3.05, 3.63) is 24.8 Å². The van der Waals surface area contributed by atoms with Crippen LogP contribution in [0.15, 0.2) is 19.0 Å². The Balaban J connectivity index is 2.95. The van der Waals surface area contributed by atoms with E-state index >= 15 is 0 Å². The fraction of sp³-hybridized carbons (Fsp3) is 0.167. The van der Waals surface area contributed by atoms with Crippen LogP contribution in [0.5, 0.6) is 0 Å². The monoisotopic (exact) mass is 152 g/mol. The molecule has 0 spiro atoms. The van der Waals surface area contributed by atoms with Crippen LogP contribution in [-0.2, 0) is 0 Å². The van der Waals surface area contributed by atoms with E-state index in [1.807, 2.05) is 0 Å². The number of hydrogen-bond donors (Lipinski definition) is 2. The van der Waals surface area contributed by atoms with Gasteiger partial charge >= 0.3 is 0 Å². The molecule has 0 aliphatic heterocycles. The lowest BCUT2D eigenvalue weighted by molar-refractivity contribution is 0.218. The maximum atomic E-state index is 9.13. The minimum atomic E-state index is -0.875. The normalized spacial score (nSPS) is 12.5. The molecule has 0 aromatic carbocycles. The molecule has 1 aromatic heterocycles. The summed E-state index contributed by atoms with van der Waals surface area (Å²) < 4.78 is 0. The number of nitrogens with two attached hydrogens (primary N) is 1. The number of aliphatic hydroxyl groups is 1. The van der Waals surface area contributed by atoms with Crippen LogP contribution in [0.2, 0.25) is 0 Å². The van der Waals surface area contributed by atoms with Crippen molar-refractivity contribution in [2.24, 2.45) is 0 Å². The lowest BCUT2D eigenvalue weighted by Gasteiger charge is -2.01. The van der Waals surface area contributed by atoms with E-state index in [4.69, 9.17) is 10.8 Å². The predicted octanol–water partition coefficient (Wildman–Crippen LogP) is -0.327. The third-order valence-electron chi connectivity index (χ3n) is 1.10. The van der Waals surface area contributed by atoms with Gasteiger partial charge in [-0.05, 0) is 0 Å². The van der Waals surface area contributed by atoms with Gasteiger partial charge in [0.05, 0.1) is 0 Å². The quantitative estimate of drug-likeness (QED) is 0.567. The van der Waals surface area contributed by atoms with Crippen LogP contribution in [-0.4, -0.2) is 20.1 Å². The molecule has 11 heavy (non-hydrogen) atoms. The molecule has 0 amide bonds. The number of anilines is 1. The molecular formula is C6H8N4O. The lowest BCUT2D eigenvalue weighted by Crippen LogP contribution is -2.04. The Morgan fingerprint density at radius 2 is 2.36 bits per heavy atom. The molecule has 1 heterocycles. The van der Waals surface area contributed by atoms with Crippen LogP contribution < -0.4 is 5.73 Å². The summed E-state index contributed by atoms with van der Waals surface area (Å²) in [5.74, 6) is 0.309. The van der Waals surface area contributed by atoms with Crippen LogP contribution in [0.25, 0.3) is 0 Å². The highest BCUT2D eigenvalue weighted by molar-refractivity contribution is 5.14. The van der Waals surface area contributed by atoms with Crippen molar-refractivity contribution in [3.8, 4) is 0 Å². The standard InChI is InChI=1S/C6H8N4O/c1-2-4(11)5-8-3-9-6(7)10-5/h2-4,11H,1H2,(H2,7,8,9,10). The van der Waals surface area contributed by atoms with Gasteiger partial charge in [-0.2, -0.15) is 4.98 Å². The molecule has 1 atom stereocenters. The van der Waals surface area contributed by atoms with Gasteiger partial charge in [-0.3, -0.25) is 0 Å². The second kappa shape index (κ2) is 3.07.